The Hall–Kier alpha value is -1.43. The van der Waals surface area contributed by atoms with E-state index in [2.05, 4.69) is 17.1 Å². The second kappa shape index (κ2) is 8.12. The first kappa shape index (κ1) is 15.9. The molecule has 1 aromatic rings. The van der Waals surface area contributed by atoms with Crippen LogP contribution in [0.15, 0.2) is 24.3 Å². The molecule has 1 heterocycles. The standard InChI is InChI=1S/C16H25N3O2/c1-2-19(11-15-4-3-9-21-15)12-16(20)18-14-7-5-13(10-17)6-8-14/h5-8,15H,2-4,9-12,17H2,1H3,(H,18,20). The maximum absolute atomic E-state index is 12.1. The zero-order valence-corrected chi connectivity index (χ0v) is 12.7. The van der Waals surface area contributed by atoms with Crippen LogP contribution in [0.1, 0.15) is 25.3 Å². The summed E-state index contributed by atoms with van der Waals surface area (Å²) in [5.41, 5.74) is 7.42. The van der Waals surface area contributed by atoms with E-state index >= 15 is 0 Å². The molecule has 1 aliphatic rings. The lowest BCUT2D eigenvalue weighted by molar-refractivity contribution is -0.117. The van der Waals surface area contributed by atoms with Crippen molar-refractivity contribution in [3.05, 3.63) is 29.8 Å². The minimum Gasteiger partial charge on any atom is -0.377 e. The van der Waals surface area contributed by atoms with Crippen LogP contribution in [0.25, 0.3) is 0 Å². The molecular formula is C16H25N3O2. The summed E-state index contributed by atoms with van der Waals surface area (Å²) in [6.45, 7) is 5.50. The number of ether oxygens (including phenoxy) is 1. The molecule has 2 rings (SSSR count). The summed E-state index contributed by atoms with van der Waals surface area (Å²) < 4.78 is 5.63. The lowest BCUT2D eigenvalue weighted by Gasteiger charge is -2.23. The summed E-state index contributed by atoms with van der Waals surface area (Å²) in [5, 5.41) is 2.92. The molecule has 3 N–H and O–H groups in total. The quantitative estimate of drug-likeness (QED) is 0.800. The van der Waals surface area contributed by atoms with Crippen LogP contribution in [0.2, 0.25) is 0 Å². The summed E-state index contributed by atoms with van der Waals surface area (Å²) in [6.07, 6.45) is 2.50. The molecule has 5 heteroatoms. The highest BCUT2D eigenvalue weighted by Gasteiger charge is 2.19. The van der Waals surface area contributed by atoms with Crippen LogP contribution >= 0.6 is 0 Å². The molecule has 21 heavy (non-hydrogen) atoms. The van der Waals surface area contributed by atoms with Gasteiger partial charge >= 0.3 is 0 Å². The maximum Gasteiger partial charge on any atom is 0.238 e. The molecule has 5 nitrogen and oxygen atoms in total. The Bertz CT molecular complexity index is 441. The van der Waals surface area contributed by atoms with Crippen LogP contribution in [0.4, 0.5) is 5.69 Å². The summed E-state index contributed by atoms with van der Waals surface area (Å²) in [5.74, 6) is 0.00958. The molecule has 1 unspecified atom stereocenters. The highest BCUT2D eigenvalue weighted by atomic mass is 16.5. The molecule has 1 fully saturated rings. The topological polar surface area (TPSA) is 67.6 Å². The fourth-order valence-electron chi connectivity index (χ4n) is 2.51. The van der Waals surface area contributed by atoms with Crippen molar-refractivity contribution < 1.29 is 9.53 Å². The summed E-state index contributed by atoms with van der Waals surface area (Å²) in [4.78, 5) is 14.2. The van der Waals surface area contributed by atoms with Crippen molar-refractivity contribution in [2.75, 3.05) is 31.6 Å². The van der Waals surface area contributed by atoms with Gasteiger partial charge in [0.2, 0.25) is 5.91 Å². The van der Waals surface area contributed by atoms with Gasteiger partial charge in [-0.3, -0.25) is 9.69 Å². The van der Waals surface area contributed by atoms with Gasteiger partial charge < -0.3 is 15.8 Å². The summed E-state index contributed by atoms with van der Waals surface area (Å²) >= 11 is 0. The van der Waals surface area contributed by atoms with Crippen LogP contribution in [0.5, 0.6) is 0 Å². The molecule has 1 amide bonds. The van der Waals surface area contributed by atoms with Gasteiger partial charge in [0.1, 0.15) is 0 Å². The SMILES string of the molecule is CCN(CC(=O)Nc1ccc(CN)cc1)CC1CCCO1. The van der Waals surface area contributed by atoms with E-state index in [0.717, 1.165) is 43.8 Å². The molecule has 0 saturated carbocycles. The van der Waals surface area contributed by atoms with Crippen molar-refractivity contribution in [3.8, 4) is 0 Å². The minimum absolute atomic E-state index is 0.00958. The van der Waals surface area contributed by atoms with Gasteiger partial charge in [-0.1, -0.05) is 19.1 Å². The Morgan fingerprint density at radius 3 is 2.76 bits per heavy atom. The largest absolute Gasteiger partial charge is 0.377 e. The van der Waals surface area contributed by atoms with Crippen LogP contribution in [-0.4, -0.2) is 43.2 Å². The van der Waals surface area contributed by atoms with Gasteiger partial charge in [-0.25, -0.2) is 0 Å². The van der Waals surface area contributed by atoms with Crippen molar-refractivity contribution >= 4 is 11.6 Å². The maximum atomic E-state index is 12.1. The molecule has 0 bridgehead atoms. The van der Waals surface area contributed by atoms with Crippen molar-refractivity contribution in [3.63, 3.8) is 0 Å². The number of amides is 1. The Morgan fingerprint density at radius 1 is 1.43 bits per heavy atom. The molecule has 1 atom stereocenters. The van der Waals surface area contributed by atoms with Gasteiger partial charge in [0.15, 0.2) is 0 Å². The Kier molecular flexibility index (Phi) is 6.17. The van der Waals surface area contributed by atoms with E-state index in [0.29, 0.717) is 13.1 Å². The first-order valence-electron chi connectivity index (χ1n) is 7.64. The van der Waals surface area contributed by atoms with Gasteiger partial charge in [0.25, 0.3) is 0 Å². The van der Waals surface area contributed by atoms with Crippen molar-refractivity contribution in [2.45, 2.75) is 32.4 Å². The summed E-state index contributed by atoms with van der Waals surface area (Å²) in [7, 11) is 0. The zero-order chi connectivity index (χ0) is 15.1. The third-order valence-electron chi connectivity index (χ3n) is 3.77. The summed E-state index contributed by atoms with van der Waals surface area (Å²) in [6, 6.07) is 7.63. The first-order valence-corrected chi connectivity index (χ1v) is 7.64. The number of benzene rings is 1. The number of hydrogen-bond acceptors (Lipinski definition) is 4. The molecule has 1 aliphatic heterocycles. The van der Waals surface area contributed by atoms with E-state index in [-0.39, 0.29) is 12.0 Å². The number of nitrogens with two attached hydrogens (primary N) is 1. The van der Waals surface area contributed by atoms with Gasteiger partial charge in [-0.05, 0) is 37.1 Å². The average Bonchev–Trinajstić information content (AvgIpc) is 3.00. The van der Waals surface area contributed by atoms with Crippen LogP contribution in [0, 0.1) is 0 Å². The van der Waals surface area contributed by atoms with Crippen LogP contribution in [-0.2, 0) is 16.1 Å². The number of carbonyl (C=O) groups excluding carboxylic acids is 1. The zero-order valence-electron chi connectivity index (χ0n) is 12.7. The Balaban J connectivity index is 1.80. The van der Waals surface area contributed by atoms with Gasteiger partial charge in [0, 0.05) is 25.4 Å². The fraction of sp³-hybridized carbons (Fsp3) is 0.562. The number of carbonyl (C=O) groups is 1. The molecule has 0 aromatic heterocycles. The normalized spacial score (nSPS) is 18.1. The van der Waals surface area contributed by atoms with E-state index in [4.69, 9.17) is 10.5 Å². The molecule has 1 aromatic carbocycles. The highest BCUT2D eigenvalue weighted by Crippen LogP contribution is 2.13. The van der Waals surface area contributed by atoms with Gasteiger partial charge in [0.05, 0.1) is 12.6 Å². The lowest BCUT2D eigenvalue weighted by atomic mass is 10.2. The molecular weight excluding hydrogens is 266 g/mol. The van der Waals surface area contributed by atoms with Gasteiger partial charge in [-0.15, -0.1) is 0 Å². The second-order valence-corrected chi connectivity index (χ2v) is 5.41. The fourth-order valence-corrected chi connectivity index (χ4v) is 2.51. The number of rotatable bonds is 7. The Labute approximate surface area is 126 Å². The third kappa shape index (κ3) is 5.12. The van der Waals surface area contributed by atoms with E-state index in [1.54, 1.807) is 0 Å². The van der Waals surface area contributed by atoms with Crippen molar-refractivity contribution in [1.82, 2.24) is 4.90 Å². The van der Waals surface area contributed by atoms with Crippen molar-refractivity contribution in [1.29, 1.82) is 0 Å². The van der Waals surface area contributed by atoms with E-state index < -0.39 is 0 Å². The van der Waals surface area contributed by atoms with Gasteiger partial charge in [-0.2, -0.15) is 0 Å². The first-order chi connectivity index (χ1) is 10.2. The molecule has 0 aliphatic carbocycles. The molecule has 0 radical (unpaired) electrons. The number of nitrogens with zero attached hydrogens (tertiary/aromatic N) is 1. The van der Waals surface area contributed by atoms with Crippen LogP contribution in [0.3, 0.4) is 0 Å². The van der Waals surface area contributed by atoms with E-state index in [1.165, 1.54) is 0 Å². The number of anilines is 1. The smallest absolute Gasteiger partial charge is 0.238 e. The van der Waals surface area contributed by atoms with Crippen molar-refractivity contribution in [2.24, 2.45) is 5.73 Å². The average molecular weight is 291 g/mol. The minimum atomic E-state index is 0.00958. The van der Waals surface area contributed by atoms with E-state index in [9.17, 15) is 4.79 Å². The molecule has 0 spiro atoms. The monoisotopic (exact) mass is 291 g/mol. The molecule has 116 valence electrons. The predicted molar refractivity (Wildman–Crippen MR) is 84.1 cm³/mol. The van der Waals surface area contributed by atoms with Crippen LogP contribution < -0.4 is 11.1 Å². The third-order valence-corrected chi connectivity index (χ3v) is 3.77. The number of nitrogens with one attached hydrogen (secondary N) is 1. The van der Waals surface area contributed by atoms with E-state index in [1.807, 2.05) is 24.3 Å². The number of hydrogen-bond donors (Lipinski definition) is 2. The lowest BCUT2D eigenvalue weighted by Crippen LogP contribution is -2.38. The molecule has 1 saturated heterocycles. The number of likely N-dealkylation sites (N-methyl/N-ethyl adjacent to an activating group) is 1. The highest BCUT2D eigenvalue weighted by molar-refractivity contribution is 5.92. The predicted octanol–water partition coefficient (Wildman–Crippen LogP) is 1.58. The second-order valence-electron chi connectivity index (χ2n) is 5.41. The Morgan fingerprint density at radius 2 is 2.19 bits per heavy atom.